The van der Waals surface area contributed by atoms with Crippen molar-refractivity contribution in [3.05, 3.63) is 53.2 Å². The molecule has 5 nitrogen and oxygen atoms in total. The molecule has 0 unspecified atom stereocenters. The lowest BCUT2D eigenvalue weighted by atomic mass is 10.1. The smallest absolute Gasteiger partial charge is 0.240 e. The Morgan fingerprint density at radius 2 is 2.04 bits per heavy atom. The van der Waals surface area contributed by atoms with Gasteiger partial charge in [-0.05, 0) is 18.1 Å². The van der Waals surface area contributed by atoms with Crippen LogP contribution in [0, 0.1) is 0 Å². The molecule has 3 heterocycles. The average molecular weight is 400 g/mol. The Bertz CT molecular complexity index is 923. The molecule has 1 amide bonds. The van der Waals surface area contributed by atoms with Crippen LogP contribution in [0.1, 0.15) is 22.6 Å². The number of fused-ring (bicyclic) bond motifs is 1. The number of carbonyl (C=O) groups is 1. The Kier molecular flexibility index (Phi) is 5.71. The standard InChI is InChI=1S/C20H21N3O2S2/c1-2-15-12-16-18(26-15)21-13-22-19(16)27-17(14-6-4-3-5-7-14)20(24)23-8-10-25-11-9-23/h3-7,12-13,17H,2,8-11H2,1H3/t17-/m1/s1. The molecule has 1 aromatic carbocycles. The second-order valence-corrected chi connectivity index (χ2v) is 8.52. The monoisotopic (exact) mass is 399 g/mol. The van der Waals surface area contributed by atoms with E-state index in [0.29, 0.717) is 26.3 Å². The molecule has 0 saturated carbocycles. The molecule has 140 valence electrons. The molecule has 1 atom stereocenters. The van der Waals surface area contributed by atoms with Gasteiger partial charge in [0.15, 0.2) is 0 Å². The van der Waals surface area contributed by atoms with Crippen LogP contribution in [0.15, 0.2) is 47.8 Å². The van der Waals surface area contributed by atoms with Crippen molar-refractivity contribution in [3.8, 4) is 0 Å². The molecule has 1 saturated heterocycles. The Morgan fingerprint density at radius 1 is 1.26 bits per heavy atom. The number of nitrogens with zero attached hydrogens (tertiary/aromatic N) is 3. The number of hydrogen-bond acceptors (Lipinski definition) is 6. The first-order chi connectivity index (χ1) is 13.3. The Labute approximate surface area is 166 Å². The van der Waals surface area contributed by atoms with Gasteiger partial charge in [-0.3, -0.25) is 4.79 Å². The molecule has 4 rings (SSSR count). The van der Waals surface area contributed by atoms with Crippen LogP contribution >= 0.6 is 23.1 Å². The first kappa shape index (κ1) is 18.4. The summed E-state index contributed by atoms with van der Waals surface area (Å²) in [6, 6.07) is 12.1. The highest BCUT2D eigenvalue weighted by Gasteiger charge is 2.29. The number of aryl methyl sites for hydroxylation is 1. The van der Waals surface area contributed by atoms with E-state index < -0.39 is 0 Å². The third-order valence-corrected chi connectivity index (χ3v) is 7.02. The first-order valence-electron chi connectivity index (χ1n) is 9.08. The van der Waals surface area contributed by atoms with E-state index in [1.54, 1.807) is 17.7 Å². The number of carbonyl (C=O) groups excluding carboxylic acids is 1. The van der Waals surface area contributed by atoms with Gasteiger partial charge in [-0.15, -0.1) is 11.3 Å². The van der Waals surface area contributed by atoms with Crippen LogP contribution in [-0.2, 0) is 16.0 Å². The number of amides is 1. The van der Waals surface area contributed by atoms with E-state index in [2.05, 4.69) is 23.0 Å². The van der Waals surface area contributed by atoms with Crippen molar-refractivity contribution in [2.24, 2.45) is 0 Å². The van der Waals surface area contributed by atoms with Crippen LogP contribution in [0.3, 0.4) is 0 Å². The molecule has 1 aliphatic rings. The minimum absolute atomic E-state index is 0.118. The van der Waals surface area contributed by atoms with Gasteiger partial charge in [0.2, 0.25) is 5.91 Å². The fourth-order valence-corrected chi connectivity index (χ4v) is 5.26. The van der Waals surface area contributed by atoms with E-state index in [1.165, 1.54) is 16.6 Å². The van der Waals surface area contributed by atoms with Gasteiger partial charge in [0.25, 0.3) is 0 Å². The molecule has 0 radical (unpaired) electrons. The second kappa shape index (κ2) is 8.37. The van der Waals surface area contributed by atoms with Gasteiger partial charge in [0, 0.05) is 23.4 Å². The lowest BCUT2D eigenvalue weighted by Crippen LogP contribution is -2.42. The number of rotatable bonds is 5. The van der Waals surface area contributed by atoms with Crippen LogP contribution in [0.2, 0.25) is 0 Å². The minimum atomic E-state index is -0.327. The lowest BCUT2D eigenvalue weighted by Gasteiger charge is -2.30. The predicted molar refractivity (Wildman–Crippen MR) is 109 cm³/mol. The molecule has 3 aromatic rings. The maximum atomic E-state index is 13.3. The van der Waals surface area contributed by atoms with Gasteiger partial charge in [0.1, 0.15) is 21.4 Å². The van der Waals surface area contributed by atoms with Crippen LogP contribution < -0.4 is 0 Å². The Morgan fingerprint density at radius 3 is 2.78 bits per heavy atom. The Hall–Kier alpha value is -1.96. The van der Waals surface area contributed by atoms with Gasteiger partial charge in [0.05, 0.1) is 13.2 Å². The highest BCUT2D eigenvalue weighted by Crippen LogP contribution is 2.40. The summed E-state index contributed by atoms with van der Waals surface area (Å²) in [5.74, 6) is 0.118. The fourth-order valence-electron chi connectivity index (χ4n) is 3.10. The zero-order valence-corrected chi connectivity index (χ0v) is 16.8. The largest absolute Gasteiger partial charge is 0.378 e. The second-order valence-electron chi connectivity index (χ2n) is 6.31. The van der Waals surface area contributed by atoms with E-state index in [4.69, 9.17) is 4.74 Å². The molecular weight excluding hydrogens is 378 g/mol. The van der Waals surface area contributed by atoms with Gasteiger partial charge >= 0.3 is 0 Å². The average Bonchev–Trinajstić information content (AvgIpc) is 3.17. The zero-order valence-electron chi connectivity index (χ0n) is 15.1. The number of aromatic nitrogens is 2. The molecular formula is C20H21N3O2S2. The van der Waals surface area contributed by atoms with Crippen LogP contribution in [0.5, 0.6) is 0 Å². The van der Waals surface area contributed by atoms with Crippen molar-refractivity contribution in [2.45, 2.75) is 23.6 Å². The van der Waals surface area contributed by atoms with Gasteiger partial charge in [-0.25, -0.2) is 9.97 Å². The molecule has 1 fully saturated rings. The predicted octanol–water partition coefficient (Wildman–Crippen LogP) is 3.95. The number of thiophene rings is 1. The summed E-state index contributed by atoms with van der Waals surface area (Å²) in [6.07, 6.45) is 2.57. The number of ether oxygens (including phenoxy) is 1. The SMILES string of the molecule is CCc1cc2c(S[C@@H](C(=O)N3CCOCC3)c3ccccc3)ncnc2s1. The number of benzene rings is 1. The van der Waals surface area contributed by atoms with Crippen LogP contribution in [0.25, 0.3) is 10.2 Å². The summed E-state index contributed by atoms with van der Waals surface area (Å²) in [6.45, 7) is 4.61. The maximum Gasteiger partial charge on any atom is 0.240 e. The van der Waals surface area contributed by atoms with E-state index in [-0.39, 0.29) is 11.2 Å². The summed E-state index contributed by atoms with van der Waals surface area (Å²) in [7, 11) is 0. The minimum Gasteiger partial charge on any atom is -0.378 e. The summed E-state index contributed by atoms with van der Waals surface area (Å²) in [4.78, 5) is 26.4. The highest BCUT2D eigenvalue weighted by atomic mass is 32.2. The molecule has 0 aliphatic carbocycles. The number of morpholine rings is 1. The summed E-state index contributed by atoms with van der Waals surface area (Å²) in [5.41, 5.74) is 0.997. The van der Waals surface area contributed by atoms with Crippen molar-refractivity contribution < 1.29 is 9.53 Å². The Balaban J connectivity index is 1.69. The topological polar surface area (TPSA) is 55.3 Å². The summed E-state index contributed by atoms with van der Waals surface area (Å²) < 4.78 is 5.41. The molecule has 2 aromatic heterocycles. The molecule has 0 spiro atoms. The maximum absolute atomic E-state index is 13.3. The molecule has 0 bridgehead atoms. The van der Waals surface area contributed by atoms with Gasteiger partial charge < -0.3 is 9.64 Å². The third kappa shape index (κ3) is 4.00. The van der Waals surface area contributed by atoms with Crippen molar-refractivity contribution in [1.29, 1.82) is 0 Å². The molecule has 27 heavy (non-hydrogen) atoms. The van der Waals surface area contributed by atoms with E-state index in [9.17, 15) is 4.79 Å². The van der Waals surface area contributed by atoms with Crippen molar-refractivity contribution in [1.82, 2.24) is 14.9 Å². The van der Waals surface area contributed by atoms with Crippen LogP contribution in [0.4, 0.5) is 0 Å². The van der Waals surface area contributed by atoms with E-state index >= 15 is 0 Å². The summed E-state index contributed by atoms with van der Waals surface area (Å²) >= 11 is 3.21. The van der Waals surface area contributed by atoms with E-state index in [0.717, 1.165) is 27.2 Å². The fraction of sp³-hybridized carbons (Fsp3) is 0.350. The zero-order chi connectivity index (χ0) is 18.6. The van der Waals surface area contributed by atoms with Crippen molar-refractivity contribution >= 4 is 39.2 Å². The lowest BCUT2D eigenvalue weighted by molar-refractivity contribution is -0.134. The van der Waals surface area contributed by atoms with E-state index in [1.807, 2.05) is 35.2 Å². The highest BCUT2D eigenvalue weighted by molar-refractivity contribution is 8.00. The molecule has 1 aliphatic heterocycles. The molecule has 7 heteroatoms. The summed E-state index contributed by atoms with van der Waals surface area (Å²) in [5, 5.41) is 1.58. The van der Waals surface area contributed by atoms with Crippen LogP contribution in [-0.4, -0.2) is 47.1 Å². The van der Waals surface area contributed by atoms with Gasteiger partial charge in [-0.1, -0.05) is 49.0 Å². The number of thioether (sulfide) groups is 1. The normalized spacial score (nSPS) is 15.8. The van der Waals surface area contributed by atoms with Gasteiger partial charge in [-0.2, -0.15) is 0 Å². The third-order valence-electron chi connectivity index (χ3n) is 4.57. The quantitative estimate of drug-likeness (QED) is 0.480. The first-order valence-corrected chi connectivity index (χ1v) is 10.8. The van der Waals surface area contributed by atoms with Crippen molar-refractivity contribution in [3.63, 3.8) is 0 Å². The van der Waals surface area contributed by atoms with Crippen molar-refractivity contribution in [2.75, 3.05) is 26.3 Å². The molecule has 0 N–H and O–H groups in total. The number of hydrogen-bond donors (Lipinski definition) is 0.